The number of aliphatic hydroxyl groups is 2. The van der Waals surface area contributed by atoms with E-state index >= 15 is 0 Å². The van der Waals surface area contributed by atoms with Crippen molar-refractivity contribution in [3.05, 3.63) is 0 Å². The van der Waals surface area contributed by atoms with Gasteiger partial charge in [-0.2, -0.15) is 0 Å². The maximum absolute atomic E-state index is 9.74. The molecule has 2 atom stereocenters. The highest BCUT2D eigenvalue weighted by atomic mass is 16.5. The molecular formula is C16H38N2O4. The van der Waals surface area contributed by atoms with Crippen LogP contribution in [0.5, 0.6) is 0 Å². The largest absolute Gasteiger partial charge is 0.388 e. The second-order valence-corrected chi connectivity index (χ2v) is 6.36. The van der Waals surface area contributed by atoms with Gasteiger partial charge in [0.15, 0.2) is 0 Å². The summed E-state index contributed by atoms with van der Waals surface area (Å²) in [6, 6.07) is 0. The van der Waals surface area contributed by atoms with E-state index in [2.05, 4.69) is 4.90 Å². The van der Waals surface area contributed by atoms with E-state index in [1.165, 1.54) is 0 Å². The SMILES string of the molecule is CCOCC(C)(O)CCN.CCOCC(C)(O)CCN(C)C. The van der Waals surface area contributed by atoms with Crippen molar-refractivity contribution < 1.29 is 19.7 Å². The Hall–Kier alpha value is -0.240. The lowest BCUT2D eigenvalue weighted by Crippen LogP contribution is -2.34. The van der Waals surface area contributed by atoms with Gasteiger partial charge < -0.3 is 30.3 Å². The number of nitrogens with zero attached hydrogens (tertiary/aromatic N) is 1. The third-order valence-electron chi connectivity index (χ3n) is 3.01. The monoisotopic (exact) mass is 322 g/mol. The van der Waals surface area contributed by atoms with Crippen LogP contribution in [0.3, 0.4) is 0 Å². The van der Waals surface area contributed by atoms with E-state index in [-0.39, 0.29) is 0 Å². The fourth-order valence-electron chi connectivity index (χ4n) is 1.56. The predicted molar refractivity (Wildman–Crippen MR) is 91.1 cm³/mol. The van der Waals surface area contributed by atoms with Crippen LogP contribution in [-0.2, 0) is 9.47 Å². The van der Waals surface area contributed by atoms with E-state index in [0.29, 0.717) is 39.4 Å². The van der Waals surface area contributed by atoms with Crippen molar-refractivity contribution in [2.75, 3.05) is 53.6 Å². The molecule has 0 fully saturated rings. The standard InChI is InChI=1S/C9H21NO2.C7H17NO2/c1-5-12-8-9(2,11)6-7-10(3)4;1-3-10-6-7(2,9)4-5-8/h11H,5-8H2,1-4H3;9H,3-6,8H2,1-2H3. The maximum Gasteiger partial charge on any atom is 0.0864 e. The lowest BCUT2D eigenvalue weighted by Gasteiger charge is -2.24. The minimum atomic E-state index is -0.745. The second-order valence-electron chi connectivity index (χ2n) is 6.36. The minimum Gasteiger partial charge on any atom is -0.388 e. The predicted octanol–water partition coefficient (Wildman–Crippen LogP) is 0.848. The van der Waals surface area contributed by atoms with Gasteiger partial charge in [-0.05, 0) is 61.2 Å². The van der Waals surface area contributed by atoms with Crippen LogP contribution in [0.15, 0.2) is 0 Å². The lowest BCUT2D eigenvalue weighted by atomic mass is 10.0. The molecule has 6 nitrogen and oxygen atoms in total. The fourth-order valence-corrected chi connectivity index (χ4v) is 1.56. The molecule has 2 unspecified atom stereocenters. The first-order valence-corrected chi connectivity index (χ1v) is 8.05. The first-order chi connectivity index (χ1) is 10.1. The molecular weight excluding hydrogens is 284 g/mol. The molecule has 0 aliphatic carbocycles. The van der Waals surface area contributed by atoms with Gasteiger partial charge in [0.25, 0.3) is 0 Å². The van der Waals surface area contributed by atoms with Gasteiger partial charge in [0.1, 0.15) is 0 Å². The molecule has 0 saturated heterocycles. The van der Waals surface area contributed by atoms with Crippen molar-refractivity contribution in [1.29, 1.82) is 0 Å². The number of rotatable bonds is 11. The Balaban J connectivity index is 0. The molecule has 0 spiro atoms. The van der Waals surface area contributed by atoms with Gasteiger partial charge in [-0.1, -0.05) is 0 Å². The maximum atomic E-state index is 9.74. The van der Waals surface area contributed by atoms with Gasteiger partial charge in [0.05, 0.1) is 24.4 Å². The molecule has 0 aliphatic rings. The zero-order valence-corrected chi connectivity index (χ0v) is 15.4. The van der Waals surface area contributed by atoms with Crippen LogP contribution in [0.25, 0.3) is 0 Å². The summed E-state index contributed by atoms with van der Waals surface area (Å²) >= 11 is 0. The molecule has 6 heteroatoms. The Bertz CT molecular complexity index is 246. The van der Waals surface area contributed by atoms with Crippen LogP contribution >= 0.6 is 0 Å². The smallest absolute Gasteiger partial charge is 0.0864 e. The van der Waals surface area contributed by atoms with Crippen molar-refractivity contribution >= 4 is 0 Å². The summed E-state index contributed by atoms with van der Waals surface area (Å²) in [5.74, 6) is 0. The van der Waals surface area contributed by atoms with Crippen molar-refractivity contribution in [3.8, 4) is 0 Å². The first-order valence-electron chi connectivity index (χ1n) is 8.05. The van der Waals surface area contributed by atoms with Gasteiger partial charge in [0, 0.05) is 19.8 Å². The van der Waals surface area contributed by atoms with Gasteiger partial charge in [-0.15, -0.1) is 0 Å². The number of ether oxygens (including phenoxy) is 2. The number of nitrogens with two attached hydrogens (primary N) is 1. The van der Waals surface area contributed by atoms with Crippen molar-refractivity contribution in [2.45, 2.75) is 51.7 Å². The van der Waals surface area contributed by atoms with Crippen LogP contribution in [-0.4, -0.2) is 79.9 Å². The molecule has 0 rings (SSSR count). The van der Waals surface area contributed by atoms with Crippen LogP contribution in [0.2, 0.25) is 0 Å². The van der Waals surface area contributed by atoms with Gasteiger partial charge in [0.2, 0.25) is 0 Å². The molecule has 0 aliphatic heterocycles. The van der Waals surface area contributed by atoms with E-state index in [4.69, 9.17) is 15.2 Å². The molecule has 0 saturated carbocycles. The van der Waals surface area contributed by atoms with Crippen molar-refractivity contribution in [2.24, 2.45) is 5.73 Å². The first kappa shape index (κ1) is 24.0. The summed E-state index contributed by atoms with van der Waals surface area (Å²) in [7, 11) is 3.99. The number of hydrogen-bond acceptors (Lipinski definition) is 6. The molecule has 0 radical (unpaired) electrons. The Morgan fingerprint density at radius 2 is 1.32 bits per heavy atom. The van der Waals surface area contributed by atoms with Crippen LogP contribution in [0, 0.1) is 0 Å². The highest BCUT2D eigenvalue weighted by Crippen LogP contribution is 2.09. The average molecular weight is 322 g/mol. The summed E-state index contributed by atoms with van der Waals surface area (Å²) in [6.07, 6.45) is 1.34. The molecule has 22 heavy (non-hydrogen) atoms. The van der Waals surface area contributed by atoms with Gasteiger partial charge in [-0.3, -0.25) is 0 Å². The summed E-state index contributed by atoms with van der Waals surface area (Å²) < 4.78 is 10.2. The Morgan fingerprint density at radius 1 is 0.909 bits per heavy atom. The van der Waals surface area contributed by atoms with Crippen LogP contribution < -0.4 is 5.73 Å². The highest BCUT2D eigenvalue weighted by molar-refractivity contribution is 4.72. The van der Waals surface area contributed by atoms with Gasteiger partial charge >= 0.3 is 0 Å². The van der Waals surface area contributed by atoms with Crippen LogP contribution in [0.4, 0.5) is 0 Å². The molecule has 0 aromatic carbocycles. The molecule has 136 valence electrons. The minimum absolute atomic E-state index is 0.376. The van der Waals surface area contributed by atoms with E-state index in [1.54, 1.807) is 6.92 Å². The summed E-state index contributed by atoms with van der Waals surface area (Å²) in [6.45, 7) is 10.9. The Labute approximate surface area is 136 Å². The van der Waals surface area contributed by atoms with E-state index < -0.39 is 11.2 Å². The van der Waals surface area contributed by atoms with E-state index in [1.807, 2.05) is 34.9 Å². The second kappa shape index (κ2) is 13.2. The Morgan fingerprint density at radius 3 is 1.64 bits per heavy atom. The van der Waals surface area contributed by atoms with E-state index in [0.717, 1.165) is 13.0 Å². The molecule has 0 aromatic rings. The normalized spacial score (nSPS) is 16.6. The summed E-state index contributed by atoms with van der Waals surface area (Å²) in [5, 5.41) is 19.2. The third kappa shape index (κ3) is 17.8. The molecule has 0 heterocycles. The number of hydrogen-bond donors (Lipinski definition) is 3. The summed E-state index contributed by atoms with van der Waals surface area (Å²) in [4.78, 5) is 2.06. The zero-order chi connectivity index (χ0) is 17.6. The lowest BCUT2D eigenvalue weighted by molar-refractivity contribution is -0.0385. The molecule has 0 aromatic heterocycles. The third-order valence-corrected chi connectivity index (χ3v) is 3.01. The highest BCUT2D eigenvalue weighted by Gasteiger charge is 2.20. The quantitative estimate of drug-likeness (QED) is 0.523. The molecule has 0 bridgehead atoms. The van der Waals surface area contributed by atoms with Crippen molar-refractivity contribution in [3.63, 3.8) is 0 Å². The summed E-state index contributed by atoms with van der Waals surface area (Å²) in [5.41, 5.74) is 3.85. The topological polar surface area (TPSA) is 88.2 Å². The Kier molecular flexibility index (Phi) is 14.4. The van der Waals surface area contributed by atoms with E-state index in [9.17, 15) is 10.2 Å². The van der Waals surface area contributed by atoms with Crippen molar-refractivity contribution in [1.82, 2.24) is 4.90 Å². The zero-order valence-electron chi connectivity index (χ0n) is 15.4. The van der Waals surface area contributed by atoms with Gasteiger partial charge in [-0.25, -0.2) is 0 Å². The molecule has 0 amide bonds. The molecule has 4 N–H and O–H groups in total. The van der Waals surface area contributed by atoms with Crippen LogP contribution in [0.1, 0.15) is 40.5 Å². The average Bonchev–Trinajstić information content (AvgIpc) is 2.42. The fraction of sp³-hybridized carbons (Fsp3) is 1.00.